The molecule has 0 radical (unpaired) electrons. The number of hydrogen-bond acceptors (Lipinski definition) is 6. The Hall–Kier alpha value is -3.27. The molecule has 0 aromatic carbocycles. The molecule has 0 spiro atoms. The van der Waals surface area contributed by atoms with Crippen molar-refractivity contribution in [2.24, 2.45) is 0 Å². The second-order valence-corrected chi connectivity index (χ2v) is 6.05. The highest BCUT2D eigenvalue weighted by atomic mass is 16.1. The molecule has 0 bridgehead atoms. The first-order valence-corrected chi connectivity index (χ1v) is 8.19. The molecule has 0 aliphatic carbocycles. The fraction of sp³-hybridized carbons (Fsp3) is 0.278. The molecule has 4 heterocycles. The normalized spacial score (nSPS) is 15.2. The number of rotatable bonds is 2. The zero-order valence-corrected chi connectivity index (χ0v) is 13.5. The molecule has 3 aromatic heterocycles. The number of anilines is 1. The van der Waals surface area contributed by atoms with Crippen LogP contribution in [-0.2, 0) is 0 Å². The van der Waals surface area contributed by atoms with Gasteiger partial charge in [-0.25, -0.2) is 9.97 Å². The number of piperidine rings is 1. The number of aromatic nitrogens is 4. The van der Waals surface area contributed by atoms with Crippen LogP contribution in [0.5, 0.6) is 0 Å². The standard InChI is InChI=1S/C18H16N6O/c19-10-13-2-1-6-21-17(13)23-8-4-14(5-9-23)24-12-22-16-11-20-7-3-15(16)18(24)25/h1-3,6-7,11-12,14H,4-5,8-9H2. The number of nitrogens with zero attached hydrogens (tertiary/aromatic N) is 6. The highest BCUT2D eigenvalue weighted by molar-refractivity contribution is 5.75. The Kier molecular flexibility index (Phi) is 3.86. The van der Waals surface area contributed by atoms with E-state index in [4.69, 9.17) is 0 Å². The van der Waals surface area contributed by atoms with Crippen molar-refractivity contribution in [2.45, 2.75) is 18.9 Å². The maximum Gasteiger partial charge on any atom is 0.261 e. The Labute approximate surface area is 144 Å². The van der Waals surface area contributed by atoms with E-state index in [1.807, 2.05) is 0 Å². The van der Waals surface area contributed by atoms with Gasteiger partial charge in [0.15, 0.2) is 0 Å². The van der Waals surface area contributed by atoms with Crippen molar-refractivity contribution in [1.82, 2.24) is 19.5 Å². The van der Waals surface area contributed by atoms with E-state index in [0.717, 1.165) is 31.7 Å². The number of hydrogen-bond donors (Lipinski definition) is 0. The summed E-state index contributed by atoms with van der Waals surface area (Å²) in [5.74, 6) is 0.721. The summed E-state index contributed by atoms with van der Waals surface area (Å²) in [5, 5.41) is 9.83. The summed E-state index contributed by atoms with van der Waals surface area (Å²) in [5.41, 5.74) is 1.17. The molecule has 7 nitrogen and oxygen atoms in total. The molecule has 1 saturated heterocycles. The molecule has 25 heavy (non-hydrogen) atoms. The summed E-state index contributed by atoms with van der Waals surface area (Å²) in [6, 6.07) is 7.55. The third-order valence-corrected chi connectivity index (χ3v) is 4.65. The maximum absolute atomic E-state index is 12.7. The summed E-state index contributed by atoms with van der Waals surface area (Å²) >= 11 is 0. The average molecular weight is 332 g/mol. The quantitative estimate of drug-likeness (QED) is 0.712. The van der Waals surface area contributed by atoms with Gasteiger partial charge in [0.25, 0.3) is 5.56 Å². The van der Waals surface area contributed by atoms with Crippen molar-refractivity contribution >= 4 is 16.7 Å². The minimum absolute atomic E-state index is 0.0265. The van der Waals surface area contributed by atoms with Gasteiger partial charge in [0.1, 0.15) is 11.9 Å². The molecule has 7 heteroatoms. The van der Waals surface area contributed by atoms with Gasteiger partial charge in [0.05, 0.1) is 29.0 Å². The van der Waals surface area contributed by atoms with E-state index in [1.165, 1.54) is 0 Å². The summed E-state index contributed by atoms with van der Waals surface area (Å²) in [4.78, 5) is 27.5. The lowest BCUT2D eigenvalue weighted by atomic mass is 10.0. The predicted octanol–water partition coefficient (Wildman–Crippen LogP) is 1.90. The van der Waals surface area contributed by atoms with Crippen LogP contribution in [0.1, 0.15) is 24.4 Å². The first kappa shape index (κ1) is 15.3. The van der Waals surface area contributed by atoms with Crippen LogP contribution in [0.25, 0.3) is 10.9 Å². The Balaban J connectivity index is 1.58. The highest BCUT2D eigenvalue weighted by Gasteiger charge is 2.24. The first-order valence-electron chi connectivity index (χ1n) is 8.19. The summed E-state index contributed by atoms with van der Waals surface area (Å²) < 4.78 is 1.73. The van der Waals surface area contributed by atoms with Gasteiger partial charge in [0, 0.05) is 31.5 Å². The van der Waals surface area contributed by atoms with Crippen molar-refractivity contribution in [3.8, 4) is 6.07 Å². The van der Waals surface area contributed by atoms with E-state index in [9.17, 15) is 10.1 Å². The van der Waals surface area contributed by atoms with Crippen LogP contribution in [0, 0.1) is 11.3 Å². The van der Waals surface area contributed by atoms with Crippen molar-refractivity contribution in [2.75, 3.05) is 18.0 Å². The molecule has 4 rings (SSSR count). The lowest BCUT2D eigenvalue weighted by Gasteiger charge is -2.33. The summed E-state index contributed by atoms with van der Waals surface area (Å²) in [6.45, 7) is 1.49. The molecule has 0 atom stereocenters. The van der Waals surface area contributed by atoms with E-state index >= 15 is 0 Å². The number of pyridine rings is 2. The molecule has 0 N–H and O–H groups in total. The highest BCUT2D eigenvalue weighted by Crippen LogP contribution is 2.26. The maximum atomic E-state index is 12.7. The van der Waals surface area contributed by atoms with Crippen LogP contribution in [0.3, 0.4) is 0 Å². The van der Waals surface area contributed by atoms with Crippen LogP contribution in [-0.4, -0.2) is 32.6 Å². The Morgan fingerprint density at radius 1 is 1.16 bits per heavy atom. The first-order chi connectivity index (χ1) is 12.3. The van der Waals surface area contributed by atoms with Crippen molar-refractivity contribution in [1.29, 1.82) is 5.26 Å². The summed E-state index contributed by atoms with van der Waals surface area (Å²) in [6.07, 6.45) is 8.15. The van der Waals surface area contributed by atoms with Crippen LogP contribution < -0.4 is 10.5 Å². The second-order valence-electron chi connectivity index (χ2n) is 6.05. The van der Waals surface area contributed by atoms with Gasteiger partial charge < -0.3 is 4.90 Å². The molecule has 0 amide bonds. The zero-order valence-electron chi connectivity index (χ0n) is 13.5. The molecule has 1 fully saturated rings. The molecule has 0 unspecified atom stereocenters. The van der Waals surface area contributed by atoms with Crippen LogP contribution in [0.4, 0.5) is 5.82 Å². The molecule has 1 aliphatic heterocycles. The van der Waals surface area contributed by atoms with Gasteiger partial charge in [-0.05, 0) is 31.0 Å². The van der Waals surface area contributed by atoms with Gasteiger partial charge >= 0.3 is 0 Å². The van der Waals surface area contributed by atoms with Crippen LogP contribution in [0.2, 0.25) is 0 Å². The van der Waals surface area contributed by atoms with Gasteiger partial charge in [-0.2, -0.15) is 5.26 Å². The van der Waals surface area contributed by atoms with Crippen molar-refractivity contribution < 1.29 is 0 Å². The van der Waals surface area contributed by atoms with Crippen LogP contribution >= 0.6 is 0 Å². The predicted molar refractivity (Wildman–Crippen MR) is 93.2 cm³/mol. The summed E-state index contributed by atoms with van der Waals surface area (Å²) in [7, 11) is 0. The Morgan fingerprint density at radius 3 is 2.80 bits per heavy atom. The average Bonchev–Trinajstić information content (AvgIpc) is 2.69. The second kappa shape index (κ2) is 6.32. The number of nitriles is 1. The fourth-order valence-electron chi connectivity index (χ4n) is 3.34. The largest absolute Gasteiger partial charge is 0.355 e. The van der Waals surface area contributed by atoms with E-state index in [1.54, 1.807) is 47.7 Å². The van der Waals surface area contributed by atoms with Crippen molar-refractivity contribution in [3.05, 3.63) is 59.0 Å². The van der Waals surface area contributed by atoms with Gasteiger partial charge in [-0.15, -0.1) is 0 Å². The lowest BCUT2D eigenvalue weighted by molar-refractivity contribution is 0.384. The molecular formula is C18H16N6O. The molecule has 1 aliphatic rings. The lowest BCUT2D eigenvalue weighted by Crippen LogP contribution is -2.38. The topological polar surface area (TPSA) is 87.7 Å². The molecule has 0 saturated carbocycles. The smallest absolute Gasteiger partial charge is 0.261 e. The minimum Gasteiger partial charge on any atom is -0.355 e. The third-order valence-electron chi connectivity index (χ3n) is 4.65. The van der Waals surface area contributed by atoms with E-state index in [-0.39, 0.29) is 11.6 Å². The number of fused-ring (bicyclic) bond motifs is 1. The van der Waals surface area contributed by atoms with Crippen molar-refractivity contribution in [3.63, 3.8) is 0 Å². The third kappa shape index (κ3) is 2.72. The molecule has 124 valence electrons. The Morgan fingerprint density at radius 2 is 2.00 bits per heavy atom. The van der Waals surface area contributed by atoms with E-state index in [0.29, 0.717) is 16.5 Å². The minimum atomic E-state index is -0.0265. The molecule has 3 aromatic rings. The van der Waals surface area contributed by atoms with E-state index in [2.05, 4.69) is 25.9 Å². The Bertz CT molecular complexity index is 1010. The zero-order chi connectivity index (χ0) is 17.2. The monoisotopic (exact) mass is 332 g/mol. The molecular weight excluding hydrogens is 316 g/mol. The van der Waals surface area contributed by atoms with Gasteiger partial charge in [-0.1, -0.05) is 0 Å². The van der Waals surface area contributed by atoms with Gasteiger partial charge in [0.2, 0.25) is 0 Å². The SMILES string of the molecule is N#Cc1cccnc1N1CCC(n2cnc3cnccc3c2=O)CC1. The van der Waals surface area contributed by atoms with Gasteiger partial charge in [-0.3, -0.25) is 14.3 Å². The van der Waals surface area contributed by atoms with E-state index < -0.39 is 0 Å². The van der Waals surface area contributed by atoms with Crippen LogP contribution in [0.15, 0.2) is 47.9 Å². The fourth-order valence-corrected chi connectivity index (χ4v) is 3.34.